The number of amides is 2. The van der Waals surface area contributed by atoms with Crippen molar-refractivity contribution in [3.05, 3.63) is 89.5 Å². The number of piperazine rings is 1. The van der Waals surface area contributed by atoms with Crippen LogP contribution in [0.2, 0.25) is 0 Å². The molecular weight excluding hydrogens is 488 g/mol. The van der Waals surface area contributed by atoms with Crippen LogP contribution in [0.4, 0.5) is 11.4 Å². The second kappa shape index (κ2) is 11.8. The van der Waals surface area contributed by atoms with E-state index in [-0.39, 0.29) is 18.0 Å². The van der Waals surface area contributed by atoms with E-state index in [1.165, 1.54) is 0 Å². The van der Waals surface area contributed by atoms with Crippen molar-refractivity contribution >= 4 is 23.2 Å². The minimum atomic E-state index is -0.221. The highest BCUT2D eigenvalue weighted by Gasteiger charge is 2.36. The zero-order valence-electron chi connectivity index (χ0n) is 23.1. The molecule has 1 saturated heterocycles. The Morgan fingerprint density at radius 2 is 1.64 bits per heavy atom. The summed E-state index contributed by atoms with van der Waals surface area (Å²) >= 11 is 0. The predicted molar refractivity (Wildman–Crippen MR) is 155 cm³/mol. The number of ether oxygens (including phenoxy) is 1. The summed E-state index contributed by atoms with van der Waals surface area (Å²) in [4.78, 5) is 32.5. The standard InChI is InChI=1S/C32H38N4O3/c1-4-39-29-12-8-7-11-28(29)34-19-21-35(22-20-34)31(37)24-13-15-25(16-14-24)33-30-26-9-5-6-10-27(26)32(38)36(30)18-17-23(2)3/h5-16,23,30,33H,4,17-22H2,1-3H3. The van der Waals surface area contributed by atoms with E-state index < -0.39 is 0 Å². The van der Waals surface area contributed by atoms with Gasteiger partial charge in [0.2, 0.25) is 0 Å². The largest absolute Gasteiger partial charge is 0.492 e. The molecule has 7 nitrogen and oxygen atoms in total. The quantitative estimate of drug-likeness (QED) is 0.390. The van der Waals surface area contributed by atoms with E-state index in [4.69, 9.17) is 4.74 Å². The molecular formula is C32H38N4O3. The molecule has 1 unspecified atom stereocenters. The molecule has 3 aromatic rings. The smallest absolute Gasteiger partial charge is 0.256 e. The Bertz CT molecular complexity index is 1300. The zero-order chi connectivity index (χ0) is 27.4. The number of benzene rings is 3. The third-order valence-corrected chi connectivity index (χ3v) is 7.51. The number of hydrogen-bond donors (Lipinski definition) is 1. The Morgan fingerprint density at radius 3 is 2.36 bits per heavy atom. The monoisotopic (exact) mass is 526 g/mol. The lowest BCUT2D eigenvalue weighted by Gasteiger charge is -2.36. The summed E-state index contributed by atoms with van der Waals surface area (Å²) in [5, 5.41) is 3.55. The van der Waals surface area contributed by atoms with E-state index in [0.29, 0.717) is 37.7 Å². The average Bonchev–Trinajstić information content (AvgIpc) is 3.23. The molecule has 2 aliphatic rings. The van der Waals surface area contributed by atoms with Crippen molar-refractivity contribution in [2.45, 2.75) is 33.4 Å². The van der Waals surface area contributed by atoms with Crippen LogP contribution in [0.1, 0.15) is 59.6 Å². The van der Waals surface area contributed by atoms with Crippen molar-refractivity contribution in [1.82, 2.24) is 9.80 Å². The van der Waals surface area contributed by atoms with Gasteiger partial charge in [-0.15, -0.1) is 0 Å². The molecule has 1 N–H and O–H groups in total. The first-order valence-electron chi connectivity index (χ1n) is 14.0. The van der Waals surface area contributed by atoms with Crippen LogP contribution in [0.3, 0.4) is 0 Å². The maximum atomic E-state index is 13.3. The van der Waals surface area contributed by atoms with Crippen LogP contribution in [-0.2, 0) is 0 Å². The van der Waals surface area contributed by atoms with E-state index in [1.54, 1.807) is 0 Å². The van der Waals surface area contributed by atoms with Gasteiger partial charge in [-0.1, -0.05) is 44.2 Å². The summed E-state index contributed by atoms with van der Waals surface area (Å²) < 4.78 is 5.80. The van der Waals surface area contributed by atoms with E-state index >= 15 is 0 Å². The van der Waals surface area contributed by atoms with Gasteiger partial charge in [0.05, 0.1) is 12.3 Å². The number of carbonyl (C=O) groups is 2. The molecule has 0 bridgehead atoms. The van der Waals surface area contributed by atoms with Crippen LogP contribution >= 0.6 is 0 Å². The first-order chi connectivity index (χ1) is 19.0. The number of carbonyl (C=O) groups excluding carboxylic acids is 2. The van der Waals surface area contributed by atoms with E-state index in [2.05, 4.69) is 30.1 Å². The summed E-state index contributed by atoms with van der Waals surface area (Å²) in [5.74, 6) is 1.50. The number of anilines is 2. The number of fused-ring (bicyclic) bond motifs is 1. The molecule has 0 saturated carbocycles. The van der Waals surface area contributed by atoms with Crippen LogP contribution in [-0.4, -0.2) is 60.9 Å². The molecule has 7 heteroatoms. The van der Waals surface area contributed by atoms with E-state index in [1.807, 2.05) is 83.5 Å². The number of nitrogens with one attached hydrogen (secondary N) is 1. The molecule has 0 radical (unpaired) electrons. The summed E-state index contributed by atoms with van der Waals surface area (Å²) in [6.45, 7) is 10.5. The minimum absolute atomic E-state index is 0.0410. The minimum Gasteiger partial charge on any atom is -0.492 e. The molecule has 39 heavy (non-hydrogen) atoms. The van der Waals surface area contributed by atoms with Crippen LogP contribution in [0.25, 0.3) is 0 Å². The van der Waals surface area contributed by atoms with Crippen molar-refractivity contribution in [2.75, 3.05) is 49.5 Å². The number of rotatable bonds is 9. The Kier molecular flexibility index (Phi) is 8.05. The van der Waals surface area contributed by atoms with Crippen LogP contribution in [0.5, 0.6) is 5.75 Å². The van der Waals surface area contributed by atoms with Gasteiger partial charge in [-0.2, -0.15) is 0 Å². The maximum absolute atomic E-state index is 13.3. The highest BCUT2D eigenvalue weighted by atomic mass is 16.5. The van der Waals surface area contributed by atoms with Crippen LogP contribution < -0.4 is 15.0 Å². The molecule has 0 aromatic heterocycles. The van der Waals surface area contributed by atoms with Gasteiger partial charge in [0, 0.05) is 55.1 Å². The van der Waals surface area contributed by atoms with Crippen LogP contribution in [0, 0.1) is 5.92 Å². The Hall–Kier alpha value is -4.00. The maximum Gasteiger partial charge on any atom is 0.256 e. The first-order valence-corrected chi connectivity index (χ1v) is 14.0. The lowest BCUT2D eigenvalue weighted by Crippen LogP contribution is -2.48. The Labute approximate surface area is 231 Å². The van der Waals surface area contributed by atoms with Gasteiger partial charge < -0.3 is 24.8 Å². The number of para-hydroxylation sites is 2. The summed E-state index contributed by atoms with van der Waals surface area (Å²) in [7, 11) is 0. The van der Waals surface area contributed by atoms with Gasteiger partial charge >= 0.3 is 0 Å². The summed E-state index contributed by atoms with van der Waals surface area (Å²) in [6.07, 6.45) is 0.720. The second-order valence-corrected chi connectivity index (χ2v) is 10.6. The fourth-order valence-electron chi connectivity index (χ4n) is 5.35. The molecule has 204 valence electrons. The highest BCUT2D eigenvalue weighted by molar-refractivity contribution is 5.99. The molecule has 0 spiro atoms. The van der Waals surface area contributed by atoms with Crippen molar-refractivity contribution in [1.29, 1.82) is 0 Å². The molecule has 1 atom stereocenters. The first kappa shape index (κ1) is 26.6. The van der Waals surface area contributed by atoms with Gasteiger partial charge in [-0.3, -0.25) is 9.59 Å². The second-order valence-electron chi connectivity index (χ2n) is 10.6. The molecule has 5 rings (SSSR count). The molecule has 1 fully saturated rings. The number of nitrogens with zero attached hydrogens (tertiary/aromatic N) is 3. The molecule has 2 heterocycles. The normalized spacial score (nSPS) is 17.0. The van der Waals surface area contributed by atoms with Gasteiger partial charge in [-0.25, -0.2) is 0 Å². The third kappa shape index (κ3) is 5.72. The number of hydrogen-bond acceptors (Lipinski definition) is 5. The van der Waals surface area contributed by atoms with Crippen molar-refractivity contribution in [3.8, 4) is 5.75 Å². The van der Waals surface area contributed by atoms with E-state index in [9.17, 15) is 9.59 Å². The molecule has 3 aromatic carbocycles. The average molecular weight is 527 g/mol. The van der Waals surface area contributed by atoms with Crippen LogP contribution in [0.15, 0.2) is 72.8 Å². The SMILES string of the molecule is CCOc1ccccc1N1CCN(C(=O)c2ccc(NC3c4ccccc4C(=O)N3CCC(C)C)cc2)CC1. The molecule has 2 aliphatic heterocycles. The van der Waals surface area contributed by atoms with Gasteiger partial charge in [0.1, 0.15) is 11.9 Å². The zero-order valence-corrected chi connectivity index (χ0v) is 23.1. The van der Waals surface area contributed by atoms with Crippen molar-refractivity contribution < 1.29 is 14.3 Å². The highest BCUT2D eigenvalue weighted by Crippen LogP contribution is 2.35. The van der Waals surface area contributed by atoms with E-state index in [0.717, 1.165) is 47.8 Å². The fourth-order valence-corrected chi connectivity index (χ4v) is 5.35. The predicted octanol–water partition coefficient (Wildman–Crippen LogP) is 5.66. The summed E-state index contributed by atoms with van der Waals surface area (Å²) in [6, 6.07) is 23.5. The summed E-state index contributed by atoms with van der Waals surface area (Å²) in [5.41, 5.74) is 4.39. The van der Waals surface area contributed by atoms with Crippen molar-refractivity contribution in [2.24, 2.45) is 5.92 Å². The topological polar surface area (TPSA) is 65.1 Å². The fraction of sp³-hybridized carbons (Fsp3) is 0.375. The lowest BCUT2D eigenvalue weighted by molar-refractivity contribution is 0.0731. The van der Waals surface area contributed by atoms with Gasteiger partial charge in [0.15, 0.2) is 0 Å². The molecule has 0 aliphatic carbocycles. The lowest BCUT2D eigenvalue weighted by atomic mass is 10.1. The molecule has 2 amide bonds. The Morgan fingerprint density at radius 1 is 0.949 bits per heavy atom. The Balaban J connectivity index is 1.23. The van der Waals surface area contributed by atoms with Gasteiger partial charge in [0.25, 0.3) is 11.8 Å². The van der Waals surface area contributed by atoms with Crippen molar-refractivity contribution in [3.63, 3.8) is 0 Å². The van der Waals surface area contributed by atoms with Gasteiger partial charge in [-0.05, 0) is 61.7 Å². The third-order valence-electron chi connectivity index (χ3n) is 7.51.